The molecule has 0 aliphatic rings. The van der Waals surface area contributed by atoms with Crippen molar-refractivity contribution < 1.29 is 23.1 Å². The number of carboxylic acid groups (broad SMARTS) is 1. The summed E-state index contributed by atoms with van der Waals surface area (Å²) >= 11 is 0. The number of carboxylic acids is 1. The summed E-state index contributed by atoms with van der Waals surface area (Å²) in [5.41, 5.74) is 4.92. The number of nitrogens with zero attached hydrogens (tertiary/aromatic N) is 2. The Hall–Kier alpha value is -2.25. The van der Waals surface area contributed by atoms with Crippen molar-refractivity contribution in [2.75, 3.05) is 5.73 Å². The average molecular weight is 259 g/mol. The molecule has 0 saturated heterocycles. The van der Waals surface area contributed by atoms with Crippen molar-refractivity contribution >= 4 is 17.4 Å². The lowest BCUT2D eigenvalue weighted by Crippen LogP contribution is -2.07. The zero-order valence-electron chi connectivity index (χ0n) is 8.90. The highest BCUT2D eigenvalue weighted by Crippen LogP contribution is 2.30. The third-order valence-corrected chi connectivity index (χ3v) is 2.38. The third kappa shape index (κ3) is 2.08. The van der Waals surface area contributed by atoms with E-state index in [1.165, 1.54) is 0 Å². The van der Waals surface area contributed by atoms with Gasteiger partial charge in [-0.25, -0.2) is 4.98 Å². The van der Waals surface area contributed by atoms with Crippen molar-refractivity contribution in [2.24, 2.45) is 0 Å². The predicted molar refractivity (Wildman–Crippen MR) is 55.9 cm³/mol. The normalized spacial score (nSPS) is 11.9. The van der Waals surface area contributed by atoms with Crippen LogP contribution < -0.4 is 5.73 Å². The van der Waals surface area contributed by atoms with Gasteiger partial charge in [-0.1, -0.05) is 0 Å². The Kier molecular flexibility index (Phi) is 2.64. The van der Waals surface area contributed by atoms with Crippen LogP contribution in [-0.2, 0) is 17.4 Å². The number of alkyl halides is 3. The number of aliphatic carboxylic acids is 1. The molecule has 2 rings (SSSR count). The number of nitrogen functional groups attached to an aromatic ring is 1. The number of imidazole rings is 1. The van der Waals surface area contributed by atoms with Gasteiger partial charge in [0.25, 0.3) is 0 Å². The molecule has 3 N–H and O–H groups in total. The number of hydrogen-bond donors (Lipinski definition) is 2. The van der Waals surface area contributed by atoms with Crippen LogP contribution >= 0.6 is 0 Å². The molecule has 0 aliphatic carbocycles. The van der Waals surface area contributed by atoms with E-state index < -0.39 is 24.1 Å². The summed E-state index contributed by atoms with van der Waals surface area (Å²) in [5.74, 6) is -1.25. The number of carbonyl (C=O) groups is 1. The zero-order chi connectivity index (χ0) is 13.5. The van der Waals surface area contributed by atoms with Crippen molar-refractivity contribution in [3.05, 3.63) is 29.6 Å². The van der Waals surface area contributed by atoms with E-state index in [2.05, 4.69) is 4.98 Å². The maximum atomic E-state index is 12.5. The Labute approximate surface area is 98.7 Å². The van der Waals surface area contributed by atoms with Gasteiger partial charge in [0, 0.05) is 6.20 Å². The van der Waals surface area contributed by atoms with Gasteiger partial charge < -0.3 is 10.8 Å². The van der Waals surface area contributed by atoms with Crippen LogP contribution in [0.15, 0.2) is 18.3 Å². The van der Waals surface area contributed by atoms with Crippen molar-refractivity contribution in [3.63, 3.8) is 0 Å². The number of anilines is 1. The minimum atomic E-state index is -4.49. The Balaban J connectivity index is 2.57. The van der Waals surface area contributed by atoms with Gasteiger partial charge in [-0.15, -0.1) is 0 Å². The van der Waals surface area contributed by atoms with Crippen molar-refractivity contribution in [2.45, 2.75) is 12.6 Å². The summed E-state index contributed by atoms with van der Waals surface area (Å²) in [6, 6.07) is 2.01. The topological polar surface area (TPSA) is 80.6 Å². The molecule has 2 aromatic rings. The Morgan fingerprint density at radius 3 is 2.67 bits per heavy atom. The van der Waals surface area contributed by atoms with Gasteiger partial charge >= 0.3 is 12.1 Å². The number of pyridine rings is 1. The first-order valence-electron chi connectivity index (χ1n) is 4.84. The van der Waals surface area contributed by atoms with E-state index in [0.29, 0.717) is 0 Å². The van der Waals surface area contributed by atoms with E-state index >= 15 is 0 Å². The second kappa shape index (κ2) is 3.90. The molecule has 8 heteroatoms. The van der Waals surface area contributed by atoms with Gasteiger partial charge in [-0.3, -0.25) is 9.20 Å². The predicted octanol–water partition coefficient (Wildman–Crippen LogP) is 1.56. The highest BCUT2D eigenvalue weighted by atomic mass is 19.4. The van der Waals surface area contributed by atoms with Crippen LogP contribution in [0.3, 0.4) is 0 Å². The van der Waals surface area contributed by atoms with E-state index in [4.69, 9.17) is 10.8 Å². The number of fused-ring (bicyclic) bond motifs is 1. The quantitative estimate of drug-likeness (QED) is 0.857. The summed E-state index contributed by atoms with van der Waals surface area (Å²) in [6.07, 6.45) is -4.13. The van der Waals surface area contributed by atoms with E-state index in [1.54, 1.807) is 0 Å². The molecule has 0 atom stereocenters. The Morgan fingerprint density at radius 1 is 1.44 bits per heavy atom. The number of aromatic nitrogens is 2. The first-order valence-corrected chi connectivity index (χ1v) is 4.84. The van der Waals surface area contributed by atoms with Gasteiger partial charge in [-0.05, 0) is 12.1 Å². The van der Waals surface area contributed by atoms with Crippen LogP contribution in [0.2, 0.25) is 0 Å². The Bertz CT molecular complexity index is 619. The number of hydrogen-bond acceptors (Lipinski definition) is 3. The van der Waals surface area contributed by atoms with Gasteiger partial charge in [0.15, 0.2) is 0 Å². The lowest BCUT2D eigenvalue weighted by Gasteiger charge is -2.06. The monoisotopic (exact) mass is 259 g/mol. The molecule has 0 radical (unpaired) electrons. The van der Waals surface area contributed by atoms with E-state index in [1.807, 2.05) is 0 Å². The van der Waals surface area contributed by atoms with Gasteiger partial charge in [0.05, 0.1) is 17.7 Å². The van der Waals surface area contributed by atoms with Crippen LogP contribution in [0.1, 0.15) is 11.3 Å². The van der Waals surface area contributed by atoms with Gasteiger partial charge in [-0.2, -0.15) is 13.2 Å². The SMILES string of the molecule is Nc1c(CC(=O)O)nc2ccc(C(F)(F)F)cn12. The molecule has 0 aromatic carbocycles. The van der Waals surface area contributed by atoms with E-state index in [-0.39, 0.29) is 17.2 Å². The molecule has 5 nitrogen and oxygen atoms in total. The molecule has 0 saturated carbocycles. The first-order chi connectivity index (χ1) is 8.29. The van der Waals surface area contributed by atoms with Crippen molar-refractivity contribution in [1.82, 2.24) is 9.38 Å². The first kappa shape index (κ1) is 12.2. The van der Waals surface area contributed by atoms with Crippen LogP contribution in [0.4, 0.5) is 19.0 Å². The second-order valence-electron chi connectivity index (χ2n) is 3.66. The smallest absolute Gasteiger partial charge is 0.417 e. The minimum Gasteiger partial charge on any atom is -0.481 e. The summed E-state index contributed by atoms with van der Waals surface area (Å²) in [5, 5.41) is 8.62. The Morgan fingerprint density at radius 2 is 2.11 bits per heavy atom. The lowest BCUT2D eigenvalue weighted by molar-refractivity contribution is -0.138. The van der Waals surface area contributed by atoms with Crippen LogP contribution in [0.5, 0.6) is 0 Å². The fourth-order valence-corrected chi connectivity index (χ4v) is 1.55. The molecule has 0 bridgehead atoms. The molecule has 0 unspecified atom stereocenters. The summed E-state index contributed by atoms with van der Waals surface area (Å²) in [7, 11) is 0. The summed E-state index contributed by atoms with van der Waals surface area (Å²) in [6.45, 7) is 0. The average Bonchev–Trinajstić information content (AvgIpc) is 2.53. The number of halogens is 3. The second-order valence-corrected chi connectivity index (χ2v) is 3.66. The van der Waals surface area contributed by atoms with Crippen LogP contribution in [-0.4, -0.2) is 20.5 Å². The molecule has 96 valence electrons. The number of nitrogens with two attached hydrogens (primary N) is 1. The highest BCUT2D eigenvalue weighted by molar-refractivity contribution is 5.72. The van der Waals surface area contributed by atoms with Crippen LogP contribution in [0.25, 0.3) is 5.65 Å². The maximum absolute atomic E-state index is 12.5. The van der Waals surface area contributed by atoms with Crippen molar-refractivity contribution in [1.29, 1.82) is 0 Å². The van der Waals surface area contributed by atoms with Crippen LogP contribution in [0, 0.1) is 0 Å². The number of rotatable bonds is 2. The summed E-state index contributed by atoms with van der Waals surface area (Å²) < 4.78 is 38.5. The van der Waals surface area contributed by atoms with Crippen molar-refractivity contribution in [3.8, 4) is 0 Å². The molecular weight excluding hydrogens is 251 g/mol. The molecule has 2 aromatic heterocycles. The van der Waals surface area contributed by atoms with Gasteiger partial charge in [0.2, 0.25) is 0 Å². The van der Waals surface area contributed by atoms with Gasteiger partial charge in [0.1, 0.15) is 11.5 Å². The molecule has 0 amide bonds. The zero-order valence-corrected chi connectivity index (χ0v) is 8.90. The molecule has 0 spiro atoms. The van der Waals surface area contributed by atoms with E-state index in [9.17, 15) is 18.0 Å². The largest absolute Gasteiger partial charge is 0.481 e. The molecular formula is C10H8F3N3O2. The minimum absolute atomic E-state index is 0.0434. The summed E-state index contributed by atoms with van der Waals surface area (Å²) in [4.78, 5) is 14.4. The molecule has 18 heavy (non-hydrogen) atoms. The lowest BCUT2D eigenvalue weighted by atomic mass is 10.3. The molecule has 0 aliphatic heterocycles. The molecule has 2 heterocycles. The highest BCUT2D eigenvalue weighted by Gasteiger charge is 2.31. The standard InChI is InChI=1S/C10H8F3N3O2/c11-10(12,13)5-1-2-7-15-6(3-8(17)18)9(14)16(7)4-5/h1-2,4H,3,14H2,(H,17,18). The maximum Gasteiger partial charge on any atom is 0.417 e. The fourth-order valence-electron chi connectivity index (χ4n) is 1.55. The third-order valence-electron chi connectivity index (χ3n) is 2.38. The fraction of sp³-hybridized carbons (Fsp3) is 0.200. The molecule has 0 fully saturated rings. The van der Waals surface area contributed by atoms with E-state index in [0.717, 1.165) is 22.7 Å².